The Morgan fingerprint density at radius 3 is 1.40 bits per heavy atom. The standard InChI is InChI=1S/C20H14.2C5H12/c1-2-6-15(7-3-1)18-13-12-17-11-10-16-8-4-5-9-19(16)20(17)14-18;2*1-5(2,3)4/h1-14H;2*1-4H3. The van der Waals surface area contributed by atoms with Crippen LogP contribution in [0.1, 0.15) is 55.4 Å². The lowest BCUT2D eigenvalue weighted by Crippen LogP contribution is -1.93. The Morgan fingerprint density at radius 1 is 0.400 bits per heavy atom. The van der Waals surface area contributed by atoms with Gasteiger partial charge in [-0.05, 0) is 49.6 Å². The van der Waals surface area contributed by atoms with E-state index in [0.717, 1.165) is 0 Å². The first-order valence-corrected chi connectivity index (χ1v) is 10.9. The van der Waals surface area contributed by atoms with Crippen LogP contribution in [0.4, 0.5) is 0 Å². The van der Waals surface area contributed by atoms with Crippen molar-refractivity contribution < 1.29 is 0 Å². The van der Waals surface area contributed by atoms with Crippen LogP contribution >= 0.6 is 0 Å². The second-order valence-corrected chi connectivity index (χ2v) is 11.1. The zero-order chi connectivity index (χ0) is 22.4. The van der Waals surface area contributed by atoms with Crippen molar-refractivity contribution in [2.45, 2.75) is 55.4 Å². The first-order chi connectivity index (χ1) is 13.9. The molecule has 0 fully saturated rings. The Balaban J connectivity index is 0.000000271. The van der Waals surface area contributed by atoms with E-state index in [-0.39, 0.29) is 0 Å². The molecule has 4 aromatic rings. The van der Waals surface area contributed by atoms with Crippen LogP contribution in [-0.2, 0) is 0 Å². The van der Waals surface area contributed by atoms with Gasteiger partial charge in [-0.15, -0.1) is 0 Å². The predicted molar refractivity (Wildman–Crippen MR) is 137 cm³/mol. The molecular formula is C30H38. The van der Waals surface area contributed by atoms with Gasteiger partial charge >= 0.3 is 0 Å². The number of benzene rings is 4. The second kappa shape index (κ2) is 9.94. The van der Waals surface area contributed by atoms with Crippen LogP contribution in [-0.4, -0.2) is 0 Å². The topological polar surface area (TPSA) is 0 Å². The summed E-state index contributed by atoms with van der Waals surface area (Å²) in [4.78, 5) is 0. The first-order valence-electron chi connectivity index (χ1n) is 10.9. The number of rotatable bonds is 1. The highest BCUT2D eigenvalue weighted by Gasteiger charge is 2.03. The Labute approximate surface area is 184 Å². The zero-order valence-corrected chi connectivity index (χ0v) is 20.1. The van der Waals surface area contributed by atoms with Gasteiger partial charge in [-0.25, -0.2) is 0 Å². The molecule has 0 bridgehead atoms. The predicted octanol–water partition coefficient (Wildman–Crippen LogP) is 9.76. The van der Waals surface area contributed by atoms with E-state index in [0.29, 0.717) is 10.8 Å². The maximum Gasteiger partial charge on any atom is -0.00992 e. The normalized spacial score (nSPS) is 11.3. The van der Waals surface area contributed by atoms with Crippen LogP contribution in [0.2, 0.25) is 0 Å². The van der Waals surface area contributed by atoms with Crippen molar-refractivity contribution in [2.75, 3.05) is 0 Å². The number of fused-ring (bicyclic) bond motifs is 3. The summed E-state index contributed by atoms with van der Waals surface area (Å²) in [5, 5.41) is 5.24. The summed E-state index contributed by atoms with van der Waals surface area (Å²) in [6, 6.07) is 30.2. The summed E-state index contributed by atoms with van der Waals surface area (Å²) in [7, 11) is 0. The molecule has 4 rings (SSSR count). The Hall–Kier alpha value is -2.60. The zero-order valence-electron chi connectivity index (χ0n) is 20.1. The van der Waals surface area contributed by atoms with E-state index in [4.69, 9.17) is 0 Å². The monoisotopic (exact) mass is 398 g/mol. The van der Waals surface area contributed by atoms with Gasteiger partial charge in [-0.1, -0.05) is 134 Å². The Morgan fingerprint density at radius 2 is 0.833 bits per heavy atom. The molecule has 0 heterocycles. The highest BCUT2D eigenvalue weighted by atomic mass is 14.1. The molecule has 0 nitrogen and oxygen atoms in total. The van der Waals surface area contributed by atoms with Gasteiger partial charge in [-0.3, -0.25) is 0 Å². The minimum atomic E-state index is 0.500. The molecule has 0 amide bonds. The average molecular weight is 399 g/mol. The van der Waals surface area contributed by atoms with Gasteiger partial charge in [0.05, 0.1) is 0 Å². The van der Waals surface area contributed by atoms with Gasteiger partial charge in [0.15, 0.2) is 0 Å². The van der Waals surface area contributed by atoms with E-state index < -0.39 is 0 Å². The molecule has 0 aliphatic carbocycles. The fourth-order valence-electron chi connectivity index (χ4n) is 2.81. The first kappa shape index (κ1) is 23.7. The van der Waals surface area contributed by atoms with Crippen molar-refractivity contribution in [1.29, 1.82) is 0 Å². The third kappa shape index (κ3) is 8.41. The lowest BCUT2D eigenvalue weighted by atomic mass is 9.97. The van der Waals surface area contributed by atoms with Crippen LogP contribution in [0, 0.1) is 10.8 Å². The molecule has 4 aromatic carbocycles. The van der Waals surface area contributed by atoms with Crippen LogP contribution in [0.5, 0.6) is 0 Å². The fraction of sp³-hybridized carbons (Fsp3) is 0.333. The largest absolute Gasteiger partial charge is 0.0622 e. The van der Waals surface area contributed by atoms with Crippen LogP contribution in [0.25, 0.3) is 32.7 Å². The number of hydrogen-bond acceptors (Lipinski definition) is 0. The molecule has 0 radical (unpaired) electrons. The van der Waals surface area contributed by atoms with E-state index in [2.05, 4.69) is 140 Å². The van der Waals surface area contributed by atoms with Crippen LogP contribution in [0.15, 0.2) is 84.9 Å². The third-order valence-corrected chi connectivity index (χ3v) is 3.85. The Kier molecular flexibility index (Phi) is 7.84. The van der Waals surface area contributed by atoms with Crippen molar-refractivity contribution in [3.8, 4) is 11.1 Å². The van der Waals surface area contributed by atoms with Gasteiger partial charge < -0.3 is 0 Å². The van der Waals surface area contributed by atoms with Gasteiger partial charge in [0, 0.05) is 0 Å². The van der Waals surface area contributed by atoms with E-state index in [1.54, 1.807) is 0 Å². The molecule has 0 saturated carbocycles. The van der Waals surface area contributed by atoms with Gasteiger partial charge in [-0.2, -0.15) is 0 Å². The molecule has 0 saturated heterocycles. The lowest BCUT2D eigenvalue weighted by Gasteiger charge is -2.07. The highest BCUT2D eigenvalue weighted by Crippen LogP contribution is 2.29. The average Bonchev–Trinajstić information content (AvgIpc) is 2.65. The molecule has 0 N–H and O–H groups in total. The van der Waals surface area contributed by atoms with Gasteiger partial charge in [0.2, 0.25) is 0 Å². The fourth-order valence-corrected chi connectivity index (χ4v) is 2.81. The molecule has 0 spiro atoms. The van der Waals surface area contributed by atoms with E-state index >= 15 is 0 Å². The maximum atomic E-state index is 2.30. The van der Waals surface area contributed by atoms with E-state index in [9.17, 15) is 0 Å². The van der Waals surface area contributed by atoms with Crippen molar-refractivity contribution in [3.05, 3.63) is 84.9 Å². The maximum absolute atomic E-state index is 2.30. The van der Waals surface area contributed by atoms with Crippen LogP contribution in [0.3, 0.4) is 0 Å². The van der Waals surface area contributed by atoms with E-state index in [1.807, 2.05) is 0 Å². The molecule has 0 aliphatic rings. The highest BCUT2D eigenvalue weighted by molar-refractivity contribution is 6.08. The van der Waals surface area contributed by atoms with Crippen molar-refractivity contribution in [1.82, 2.24) is 0 Å². The SMILES string of the molecule is CC(C)(C)C.CC(C)(C)C.c1ccc(-c2ccc3ccc4ccccc4c3c2)cc1. The minimum Gasteiger partial charge on any atom is -0.0622 e. The van der Waals surface area contributed by atoms with E-state index in [1.165, 1.54) is 32.7 Å². The molecule has 0 aliphatic heterocycles. The molecule has 0 aromatic heterocycles. The molecule has 0 heteroatoms. The quantitative estimate of drug-likeness (QED) is 0.280. The molecule has 0 unspecified atom stereocenters. The minimum absolute atomic E-state index is 0.500. The number of hydrogen-bond donors (Lipinski definition) is 0. The molecule has 158 valence electrons. The summed E-state index contributed by atoms with van der Waals surface area (Å²) in [5.74, 6) is 0. The summed E-state index contributed by atoms with van der Waals surface area (Å²) in [5.41, 5.74) is 3.54. The summed E-state index contributed by atoms with van der Waals surface area (Å²) in [6.07, 6.45) is 0. The van der Waals surface area contributed by atoms with Crippen molar-refractivity contribution >= 4 is 21.5 Å². The van der Waals surface area contributed by atoms with Gasteiger partial charge in [0.1, 0.15) is 0 Å². The Bertz CT molecular complexity index is 1030. The second-order valence-electron chi connectivity index (χ2n) is 11.1. The van der Waals surface area contributed by atoms with Crippen molar-refractivity contribution in [2.24, 2.45) is 10.8 Å². The van der Waals surface area contributed by atoms with Crippen molar-refractivity contribution in [3.63, 3.8) is 0 Å². The molecule has 0 atom stereocenters. The third-order valence-electron chi connectivity index (χ3n) is 3.85. The molecular weight excluding hydrogens is 360 g/mol. The molecule has 30 heavy (non-hydrogen) atoms. The summed E-state index contributed by atoms with van der Waals surface area (Å²) >= 11 is 0. The smallest absolute Gasteiger partial charge is 0.00992 e. The summed E-state index contributed by atoms with van der Waals surface area (Å²) < 4.78 is 0. The lowest BCUT2D eigenvalue weighted by molar-refractivity contribution is 0.469. The summed E-state index contributed by atoms with van der Waals surface area (Å²) in [6.45, 7) is 17.5. The van der Waals surface area contributed by atoms with Crippen LogP contribution < -0.4 is 0 Å². The van der Waals surface area contributed by atoms with Gasteiger partial charge in [0.25, 0.3) is 0 Å².